The van der Waals surface area contributed by atoms with Gasteiger partial charge < -0.3 is 15.0 Å². The van der Waals surface area contributed by atoms with Crippen LogP contribution in [0.1, 0.15) is 6.92 Å². The highest BCUT2D eigenvalue weighted by Gasteiger charge is 2.14. The second-order valence-corrected chi connectivity index (χ2v) is 3.49. The van der Waals surface area contributed by atoms with Gasteiger partial charge in [0.1, 0.15) is 12.3 Å². The van der Waals surface area contributed by atoms with Crippen molar-refractivity contribution in [1.82, 2.24) is 10.2 Å². The van der Waals surface area contributed by atoms with Crippen molar-refractivity contribution in [3.05, 3.63) is 30.3 Å². The maximum Gasteiger partial charge on any atom is 0.415 e. The van der Waals surface area contributed by atoms with Crippen LogP contribution in [0.5, 0.6) is 5.75 Å². The van der Waals surface area contributed by atoms with Gasteiger partial charge in [-0.1, -0.05) is 18.2 Å². The van der Waals surface area contributed by atoms with Gasteiger partial charge in [0, 0.05) is 13.6 Å². The molecule has 0 aliphatic carbocycles. The molecule has 0 radical (unpaired) electrons. The van der Waals surface area contributed by atoms with Gasteiger partial charge in [-0.15, -0.1) is 0 Å². The molecule has 2 amide bonds. The average molecular weight is 236 g/mol. The minimum Gasteiger partial charge on any atom is -0.410 e. The summed E-state index contributed by atoms with van der Waals surface area (Å²) in [7, 11) is 1.51. The maximum atomic E-state index is 11.6. The molecule has 1 N–H and O–H groups in total. The molecule has 0 unspecified atom stereocenters. The minimum atomic E-state index is -0.553. The van der Waals surface area contributed by atoms with Crippen LogP contribution in [0.2, 0.25) is 0 Å². The smallest absolute Gasteiger partial charge is 0.410 e. The minimum absolute atomic E-state index is 0.0144. The van der Waals surface area contributed by atoms with Crippen LogP contribution in [0, 0.1) is 0 Å². The van der Waals surface area contributed by atoms with Crippen molar-refractivity contribution in [3.8, 4) is 5.75 Å². The van der Waals surface area contributed by atoms with Crippen molar-refractivity contribution >= 4 is 12.0 Å². The number of benzene rings is 1. The number of ether oxygens (including phenoxy) is 1. The highest BCUT2D eigenvalue weighted by atomic mass is 16.6. The van der Waals surface area contributed by atoms with Crippen LogP contribution < -0.4 is 10.1 Å². The first-order valence-corrected chi connectivity index (χ1v) is 5.38. The van der Waals surface area contributed by atoms with E-state index >= 15 is 0 Å². The zero-order valence-corrected chi connectivity index (χ0v) is 9.97. The van der Waals surface area contributed by atoms with Crippen molar-refractivity contribution in [1.29, 1.82) is 0 Å². The van der Waals surface area contributed by atoms with Crippen LogP contribution in [0.3, 0.4) is 0 Å². The van der Waals surface area contributed by atoms with E-state index in [-0.39, 0.29) is 12.5 Å². The van der Waals surface area contributed by atoms with Gasteiger partial charge >= 0.3 is 6.09 Å². The highest BCUT2D eigenvalue weighted by Crippen LogP contribution is 2.09. The van der Waals surface area contributed by atoms with E-state index in [9.17, 15) is 9.59 Å². The van der Waals surface area contributed by atoms with E-state index in [0.29, 0.717) is 12.3 Å². The van der Waals surface area contributed by atoms with Crippen molar-refractivity contribution in [3.63, 3.8) is 0 Å². The summed E-state index contributed by atoms with van der Waals surface area (Å²) in [5, 5.41) is 2.61. The van der Waals surface area contributed by atoms with Gasteiger partial charge in [-0.3, -0.25) is 4.79 Å². The fourth-order valence-corrected chi connectivity index (χ4v) is 1.20. The number of hydrogen-bond acceptors (Lipinski definition) is 3. The number of nitrogens with zero attached hydrogens (tertiary/aromatic N) is 1. The summed E-state index contributed by atoms with van der Waals surface area (Å²) in [5.74, 6) is 0.250. The van der Waals surface area contributed by atoms with E-state index in [4.69, 9.17) is 4.74 Å². The lowest BCUT2D eigenvalue weighted by Gasteiger charge is -2.15. The molecule has 0 saturated carbocycles. The first-order valence-electron chi connectivity index (χ1n) is 5.38. The van der Waals surface area contributed by atoms with Crippen molar-refractivity contribution in [2.75, 3.05) is 20.1 Å². The summed E-state index contributed by atoms with van der Waals surface area (Å²) in [6.45, 7) is 2.35. The molecule has 5 heteroatoms. The molecule has 0 spiro atoms. The molecule has 5 nitrogen and oxygen atoms in total. The van der Waals surface area contributed by atoms with Crippen molar-refractivity contribution in [2.24, 2.45) is 0 Å². The third-order valence-electron chi connectivity index (χ3n) is 2.01. The molecule has 0 aliphatic rings. The van der Waals surface area contributed by atoms with Crippen LogP contribution in [0.15, 0.2) is 30.3 Å². The van der Waals surface area contributed by atoms with Crippen molar-refractivity contribution in [2.45, 2.75) is 6.92 Å². The predicted molar refractivity (Wildman–Crippen MR) is 63.8 cm³/mol. The summed E-state index contributed by atoms with van der Waals surface area (Å²) >= 11 is 0. The molecule has 1 rings (SSSR count). The second kappa shape index (κ2) is 6.52. The first-order chi connectivity index (χ1) is 8.13. The van der Waals surface area contributed by atoms with E-state index < -0.39 is 6.09 Å². The van der Waals surface area contributed by atoms with Gasteiger partial charge in [-0.05, 0) is 19.1 Å². The number of nitrogens with one attached hydrogen (secondary N) is 1. The molecule has 0 saturated heterocycles. The molecule has 0 heterocycles. The zero-order chi connectivity index (χ0) is 12.7. The molecule has 1 aromatic carbocycles. The molecule has 0 fully saturated rings. The molecular formula is C12H16N2O3. The van der Waals surface area contributed by atoms with E-state index in [1.165, 1.54) is 11.9 Å². The fraction of sp³-hybridized carbons (Fsp3) is 0.333. The van der Waals surface area contributed by atoms with Crippen LogP contribution in [0.4, 0.5) is 4.79 Å². The number of amides is 2. The first kappa shape index (κ1) is 13.0. The van der Waals surface area contributed by atoms with E-state index in [2.05, 4.69) is 5.32 Å². The fourth-order valence-electron chi connectivity index (χ4n) is 1.20. The zero-order valence-electron chi connectivity index (χ0n) is 9.97. The average Bonchev–Trinajstić information content (AvgIpc) is 2.30. The molecule has 0 bridgehead atoms. The molecule has 0 atom stereocenters. The molecule has 17 heavy (non-hydrogen) atoms. The molecule has 0 aromatic heterocycles. The standard InChI is InChI=1S/C12H16N2O3/c1-3-13-11(15)9-14(2)12(16)17-10-7-5-4-6-8-10/h4-8H,3,9H2,1-2H3,(H,13,15). The van der Waals surface area contributed by atoms with Crippen molar-refractivity contribution < 1.29 is 14.3 Å². The maximum absolute atomic E-state index is 11.6. The molecular weight excluding hydrogens is 220 g/mol. The van der Waals surface area contributed by atoms with Gasteiger partial charge in [0.05, 0.1) is 0 Å². The largest absolute Gasteiger partial charge is 0.415 e. The van der Waals surface area contributed by atoms with Gasteiger partial charge in [0.2, 0.25) is 5.91 Å². The molecule has 0 aliphatic heterocycles. The predicted octanol–water partition coefficient (Wildman–Crippen LogP) is 1.25. The Bertz CT molecular complexity index is 379. The summed E-state index contributed by atoms with van der Waals surface area (Å²) < 4.78 is 5.06. The van der Waals surface area contributed by atoms with E-state index in [1.807, 2.05) is 13.0 Å². The van der Waals surface area contributed by atoms with Gasteiger partial charge in [-0.2, -0.15) is 0 Å². The Balaban J connectivity index is 2.45. The lowest BCUT2D eigenvalue weighted by Crippen LogP contribution is -2.39. The third-order valence-corrected chi connectivity index (χ3v) is 2.01. The number of carbonyl (C=O) groups is 2. The summed E-state index contributed by atoms with van der Waals surface area (Å²) in [4.78, 5) is 24.0. The Morgan fingerprint density at radius 2 is 1.94 bits per heavy atom. The Labute approximate surface area is 100 Å². The monoisotopic (exact) mass is 236 g/mol. The Hall–Kier alpha value is -2.04. The van der Waals surface area contributed by atoms with E-state index in [1.54, 1.807) is 24.3 Å². The second-order valence-electron chi connectivity index (χ2n) is 3.49. The Morgan fingerprint density at radius 3 is 2.53 bits per heavy atom. The van der Waals surface area contributed by atoms with Crippen LogP contribution >= 0.6 is 0 Å². The SMILES string of the molecule is CCNC(=O)CN(C)C(=O)Oc1ccccc1. The highest BCUT2D eigenvalue weighted by molar-refractivity contribution is 5.82. The summed E-state index contributed by atoms with van der Waals surface area (Å²) in [6.07, 6.45) is -0.553. The lowest BCUT2D eigenvalue weighted by atomic mass is 10.3. The van der Waals surface area contributed by atoms with Crippen LogP contribution in [-0.4, -0.2) is 37.0 Å². The Morgan fingerprint density at radius 1 is 1.29 bits per heavy atom. The number of para-hydroxylation sites is 1. The number of rotatable bonds is 4. The molecule has 1 aromatic rings. The van der Waals surface area contributed by atoms with Crippen LogP contribution in [0.25, 0.3) is 0 Å². The topological polar surface area (TPSA) is 58.6 Å². The third kappa shape index (κ3) is 4.55. The van der Waals surface area contributed by atoms with Gasteiger partial charge in [0.25, 0.3) is 0 Å². The van der Waals surface area contributed by atoms with E-state index in [0.717, 1.165) is 0 Å². The quantitative estimate of drug-likeness (QED) is 0.856. The number of likely N-dealkylation sites (N-methyl/N-ethyl adjacent to an activating group) is 2. The van der Waals surface area contributed by atoms with Crippen LogP contribution in [-0.2, 0) is 4.79 Å². The molecule has 92 valence electrons. The summed E-state index contributed by atoms with van der Waals surface area (Å²) in [5.41, 5.74) is 0. The normalized spacial score (nSPS) is 9.53. The number of hydrogen-bond donors (Lipinski definition) is 1. The number of carbonyl (C=O) groups excluding carboxylic acids is 2. The Kier molecular flexibility index (Phi) is 5.00. The summed E-state index contributed by atoms with van der Waals surface area (Å²) in [6, 6.07) is 8.73. The van der Waals surface area contributed by atoms with Gasteiger partial charge in [0.15, 0.2) is 0 Å². The van der Waals surface area contributed by atoms with Gasteiger partial charge in [-0.25, -0.2) is 4.79 Å². The lowest BCUT2D eigenvalue weighted by molar-refractivity contribution is -0.121.